The number of nitrogens with two attached hydrogens (primary N) is 1. The molecule has 0 bridgehead atoms. The van der Waals surface area contributed by atoms with Gasteiger partial charge in [-0.1, -0.05) is 11.6 Å². The zero-order valence-electron chi connectivity index (χ0n) is 7.40. The fourth-order valence-corrected chi connectivity index (χ4v) is 0.885. The van der Waals surface area contributed by atoms with Crippen LogP contribution in [0.3, 0.4) is 0 Å². The summed E-state index contributed by atoms with van der Waals surface area (Å²) in [6, 6.07) is 7.21. The summed E-state index contributed by atoms with van der Waals surface area (Å²) in [7, 11) is 0. The molecule has 3 nitrogen and oxygen atoms in total. The Morgan fingerprint density at radius 1 is 1.21 bits per heavy atom. The Morgan fingerprint density at radius 2 is 1.79 bits per heavy atom. The van der Waals surface area contributed by atoms with E-state index in [1.807, 2.05) is 12.1 Å². The maximum atomic E-state index is 5.69. The van der Waals surface area contributed by atoms with Gasteiger partial charge in [0.05, 0.1) is 0 Å². The molecule has 6 heteroatoms. The first-order valence-electron chi connectivity index (χ1n) is 3.65. The van der Waals surface area contributed by atoms with Gasteiger partial charge < -0.3 is 4.74 Å². The van der Waals surface area contributed by atoms with E-state index in [9.17, 15) is 0 Å². The highest BCUT2D eigenvalue weighted by molar-refractivity contribution is 6.30. The Kier molecular flexibility index (Phi) is 10.9. The topological polar surface area (TPSA) is 47.3 Å². The van der Waals surface area contributed by atoms with E-state index in [1.54, 1.807) is 12.1 Å². The van der Waals surface area contributed by atoms with Crippen molar-refractivity contribution in [3.8, 4) is 5.75 Å². The first-order valence-corrected chi connectivity index (χ1v) is 4.02. The van der Waals surface area contributed by atoms with Crippen molar-refractivity contribution < 1.29 is 4.74 Å². The molecule has 0 amide bonds. The maximum Gasteiger partial charge on any atom is 0.119 e. The van der Waals surface area contributed by atoms with Gasteiger partial charge >= 0.3 is 0 Å². The van der Waals surface area contributed by atoms with Crippen LogP contribution >= 0.6 is 36.4 Å². The second-order valence-corrected chi connectivity index (χ2v) is 2.69. The molecule has 0 unspecified atom stereocenters. The number of rotatable bonds is 4. The Balaban J connectivity index is 0. The van der Waals surface area contributed by atoms with Crippen molar-refractivity contribution in [3.63, 3.8) is 0 Å². The Morgan fingerprint density at radius 3 is 2.29 bits per heavy atom. The lowest BCUT2D eigenvalue weighted by molar-refractivity contribution is 0.315. The van der Waals surface area contributed by atoms with Gasteiger partial charge in [0, 0.05) is 11.6 Å². The number of nitrogens with one attached hydrogen (secondary N) is 1. The minimum absolute atomic E-state index is 0. The van der Waals surface area contributed by atoms with Crippen molar-refractivity contribution in [3.05, 3.63) is 29.3 Å². The molecule has 3 N–H and O–H groups in total. The van der Waals surface area contributed by atoms with E-state index in [1.165, 1.54) is 0 Å². The molecule has 14 heavy (non-hydrogen) atoms. The van der Waals surface area contributed by atoms with Gasteiger partial charge in [0.1, 0.15) is 12.4 Å². The molecular weight excluding hydrogens is 246 g/mol. The van der Waals surface area contributed by atoms with Gasteiger partial charge in [-0.05, 0) is 24.3 Å². The Hall–Kier alpha value is -0.190. The molecule has 82 valence electrons. The quantitative estimate of drug-likeness (QED) is 0.494. The molecule has 0 aliphatic heterocycles. The third kappa shape index (κ3) is 6.29. The van der Waals surface area contributed by atoms with E-state index in [2.05, 4.69) is 5.43 Å². The predicted molar refractivity (Wildman–Crippen MR) is 63.6 cm³/mol. The molecule has 0 aliphatic carbocycles. The first kappa shape index (κ1) is 16.2. The van der Waals surface area contributed by atoms with E-state index in [-0.39, 0.29) is 24.8 Å². The van der Waals surface area contributed by atoms with Gasteiger partial charge in [-0.3, -0.25) is 11.3 Å². The van der Waals surface area contributed by atoms with Crippen LogP contribution in [0.2, 0.25) is 5.02 Å². The second-order valence-electron chi connectivity index (χ2n) is 2.26. The first-order chi connectivity index (χ1) is 5.83. The van der Waals surface area contributed by atoms with E-state index in [0.717, 1.165) is 5.75 Å². The normalized spacial score (nSPS) is 8.43. The standard InChI is InChI=1S/C8H11ClN2O.2ClH/c9-7-1-3-8(4-2-7)12-6-5-11-10;;/h1-4,11H,5-6,10H2;2*1H. The fraction of sp³-hybridized carbons (Fsp3) is 0.250. The van der Waals surface area contributed by atoms with Crippen LogP contribution in [0.1, 0.15) is 0 Å². The van der Waals surface area contributed by atoms with Gasteiger partial charge in [0.15, 0.2) is 0 Å². The molecule has 0 saturated carbocycles. The number of ether oxygens (including phenoxy) is 1. The number of hydrogen-bond donors (Lipinski definition) is 2. The monoisotopic (exact) mass is 258 g/mol. The van der Waals surface area contributed by atoms with Gasteiger partial charge in [-0.15, -0.1) is 24.8 Å². The lowest BCUT2D eigenvalue weighted by atomic mass is 10.3. The number of hydrazine groups is 1. The Bertz CT molecular complexity index is 231. The molecule has 0 spiro atoms. The highest BCUT2D eigenvalue weighted by Crippen LogP contribution is 2.14. The molecule has 0 radical (unpaired) electrons. The van der Waals surface area contributed by atoms with Crippen LogP contribution in [-0.4, -0.2) is 13.2 Å². The van der Waals surface area contributed by atoms with Crippen molar-refractivity contribution in [2.24, 2.45) is 5.84 Å². The second kappa shape index (κ2) is 9.37. The molecule has 1 aromatic rings. The minimum Gasteiger partial charge on any atom is -0.492 e. The number of benzene rings is 1. The van der Waals surface area contributed by atoms with Crippen LogP contribution in [0.4, 0.5) is 0 Å². The largest absolute Gasteiger partial charge is 0.492 e. The predicted octanol–water partition coefficient (Wildman–Crippen LogP) is 2.03. The summed E-state index contributed by atoms with van der Waals surface area (Å²) >= 11 is 5.69. The molecule has 0 atom stereocenters. The summed E-state index contributed by atoms with van der Waals surface area (Å²) in [5, 5.41) is 0.708. The van der Waals surface area contributed by atoms with Gasteiger partial charge in [-0.2, -0.15) is 0 Å². The minimum atomic E-state index is 0. The molecule has 0 fully saturated rings. The fourth-order valence-electron chi connectivity index (χ4n) is 0.759. The Labute approximate surface area is 101 Å². The van der Waals surface area contributed by atoms with E-state index < -0.39 is 0 Å². The third-order valence-corrected chi connectivity index (χ3v) is 1.58. The van der Waals surface area contributed by atoms with Gasteiger partial charge in [0.2, 0.25) is 0 Å². The highest BCUT2D eigenvalue weighted by atomic mass is 35.5. The number of halogens is 3. The molecular formula is C8H13Cl3N2O. The molecule has 0 saturated heterocycles. The highest BCUT2D eigenvalue weighted by Gasteiger charge is 1.91. The molecule has 0 aliphatic rings. The summed E-state index contributed by atoms with van der Waals surface area (Å²) in [6.07, 6.45) is 0. The van der Waals surface area contributed by atoms with E-state index >= 15 is 0 Å². The summed E-state index contributed by atoms with van der Waals surface area (Å²) in [5.74, 6) is 5.87. The maximum absolute atomic E-state index is 5.69. The molecule has 0 aromatic heterocycles. The van der Waals surface area contributed by atoms with Crippen LogP contribution in [0.25, 0.3) is 0 Å². The van der Waals surface area contributed by atoms with Gasteiger partial charge in [0.25, 0.3) is 0 Å². The zero-order chi connectivity index (χ0) is 8.81. The van der Waals surface area contributed by atoms with Crippen molar-refractivity contribution in [2.45, 2.75) is 0 Å². The zero-order valence-corrected chi connectivity index (χ0v) is 9.79. The SMILES string of the molecule is Cl.Cl.NNCCOc1ccc(Cl)cc1. The van der Waals surface area contributed by atoms with E-state index in [0.29, 0.717) is 18.2 Å². The lowest BCUT2D eigenvalue weighted by Gasteiger charge is -2.04. The average molecular weight is 260 g/mol. The summed E-state index contributed by atoms with van der Waals surface area (Å²) < 4.78 is 5.30. The third-order valence-electron chi connectivity index (χ3n) is 1.33. The van der Waals surface area contributed by atoms with Crippen LogP contribution in [0.15, 0.2) is 24.3 Å². The molecule has 1 aromatic carbocycles. The van der Waals surface area contributed by atoms with Crippen LogP contribution in [0.5, 0.6) is 5.75 Å². The van der Waals surface area contributed by atoms with Crippen molar-refractivity contribution in [1.82, 2.24) is 5.43 Å². The van der Waals surface area contributed by atoms with E-state index in [4.69, 9.17) is 22.2 Å². The van der Waals surface area contributed by atoms with Crippen molar-refractivity contribution >= 4 is 36.4 Å². The molecule has 1 rings (SSSR count). The summed E-state index contributed by atoms with van der Waals surface area (Å²) in [6.45, 7) is 1.18. The van der Waals surface area contributed by atoms with Crippen molar-refractivity contribution in [2.75, 3.05) is 13.2 Å². The lowest BCUT2D eigenvalue weighted by Crippen LogP contribution is -2.27. The van der Waals surface area contributed by atoms with Gasteiger partial charge in [-0.25, -0.2) is 0 Å². The van der Waals surface area contributed by atoms with Crippen LogP contribution < -0.4 is 16.0 Å². The smallest absolute Gasteiger partial charge is 0.119 e. The average Bonchev–Trinajstić information content (AvgIpc) is 2.09. The van der Waals surface area contributed by atoms with Crippen LogP contribution in [0, 0.1) is 0 Å². The summed E-state index contributed by atoms with van der Waals surface area (Å²) in [5.41, 5.74) is 2.50. The molecule has 0 heterocycles. The summed E-state index contributed by atoms with van der Waals surface area (Å²) in [4.78, 5) is 0. The number of hydrogen-bond acceptors (Lipinski definition) is 3. The van der Waals surface area contributed by atoms with Crippen LogP contribution in [-0.2, 0) is 0 Å². The van der Waals surface area contributed by atoms with Crippen molar-refractivity contribution in [1.29, 1.82) is 0 Å².